The van der Waals surface area contributed by atoms with Gasteiger partial charge in [-0.1, -0.05) is 37.8 Å². The number of fused-ring (bicyclic) bond motifs is 1. The number of pyridine rings is 1. The third-order valence-corrected chi connectivity index (χ3v) is 8.00. The quantitative estimate of drug-likeness (QED) is 0.669. The van der Waals surface area contributed by atoms with E-state index in [0.717, 1.165) is 29.8 Å². The van der Waals surface area contributed by atoms with Crippen LogP contribution >= 0.6 is 0 Å². The van der Waals surface area contributed by atoms with Crippen molar-refractivity contribution in [2.24, 2.45) is 5.92 Å². The predicted molar refractivity (Wildman–Crippen MR) is 120 cm³/mol. The van der Waals surface area contributed by atoms with E-state index in [4.69, 9.17) is 4.74 Å². The summed E-state index contributed by atoms with van der Waals surface area (Å²) in [6.07, 6.45) is 9.61. The molecule has 31 heavy (non-hydrogen) atoms. The Morgan fingerprint density at radius 3 is 2.55 bits per heavy atom. The minimum Gasteiger partial charge on any atom is -0.465 e. The first-order valence-electron chi connectivity index (χ1n) is 10.8. The van der Waals surface area contributed by atoms with Gasteiger partial charge in [-0.3, -0.25) is 0 Å². The van der Waals surface area contributed by atoms with Crippen LogP contribution in [0.3, 0.4) is 0 Å². The molecule has 2 aliphatic rings. The van der Waals surface area contributed by atoms with E-state index in [0.29, 0.717) is 16.4 Å². The molecule has 1 aromatic carbocycles. The van der Waals surface area contributed by atoms with Crippen LogP contribution in [0.25, 0.3) is 0 Å². The van der Waals surface area contributed by atoms with Gasteiger partial charge in [0.05, 0.1) is 17.6 Å². The monoisotopic (exact) mass is 442 g/mol. The molecule has 0 bridgehead atoms. The van der Waals surface area contributed by atoms with Gasteiger partial charge >= 0.3 is 5.97 Å². The predicted octanol–water partition coefficient (Wildman–Crippen LogP) is 4.36. The molecule has 4 rings (SSSR count). The average molecular weight is 443 g/mol. The van der Waals surface area contributed by atoms with Gasteiger partial charge in [0.2, 0.25) is 0 Å². The summed E-state index contributed by atoms with van der Waals surface area (Å²) < 4.78 is 28.7. The number of ether oxygens (including phenoxy) is 1. The van der Waals surface area contributed by atoms with Crippen molar-refractivity contribution in [1.82, 2.24) is 4.98 Å². The number of carbonyl (C=O) groups excluding carboxylic acids is 1. The lowest BCUT2D eigenvalue weighted by Gasteiger charge is -2.37. The van der Waals surface area contributed by atoms with Gasteiger partial charge in [-0.25, -0.2) is 18.2 Å². The molecule has 2 aromatic rings. The number of hydrogen-bond donors (Lipinski definition) is 1. The fraction of sp³-hybridized carbons (Fsp3) is 0.500. The molecule has 0 radical (unpaired) electrons. The molecular formula is C24H30N2O4S. The molecule has 166 valence electrons. The molecular weight excluding hydrogens is 412 g/mol. The highest BCUT2D eigenvalue weighted by atomic mass is 32.2. The Kier molecular flexibility index (Phi) is 5.81. The van der Waals surface area contributed by atoms with Crippen LogP contribution in [0.2, 0.25) is 0 Å². The van der Waals surface area contributed by atoms with Gasteiger partial charge in [-0.05, 0) is 55.0 Å². The van der Waals surface area contributed by atoms with Crippen LogP contribution in [-0.4, -0.2) is 38.3 Å². The first kappa shape index (κ1) is 21.8. The summed E-state index contributed by atoms with van der Waals surface area (Å²) in [7, 11) is -1.86. The van der Waals surface area contributed by atoms with Crippen molar-refractivity contribution in [3.8, 4) is 0 Å². The van der Waals surface area contributed by atoms with Crippen LogP contribution < -0.4 is 5.32 Å². The first-order valence-corrected chi connectivity index (χ1v) is 12.7. The second-order valence-electron chi connectivity index (χ2n) is 9.22. The van der Waals surface area contributed by atoms with E-state index < -0.39 is 9.84 Å². The van der Waals surface area contributed by atoms with Crippen molar-refractivity contribution in [3.05, 3.63) is 53.2 Å². The van der Waals surface area contributed by atoms with E-state index in [1.807, 2.05) is 18.2 Å². The zero-order valence-electron chi connectivity index (χ0n) is 18.3. The molecule has 1 aliphatic carbocycles. The number of hydrogen-bond acceptors (Lipinski definition) is 6. The molecule has 1 fully saturated rings. The number of sulfone groups is 1. The molecule has 1 aliphatic heterocycles. The second kappa shape index (κ2) is 8.26. The van der Waals surface area contributed by atoms with Gasteiger partial charge < -0.3 is 10.1 Å². The van der Waals surface area contributed by atoms with Crippen molar-refractivity contribution in [2.45, 2.75) is 61.8 Å². The summed E-state index contributed by atoms with van der Waals surface area (Å²) in [5.74, 6) is 1.28. The molecule has 7 heteroatoms. The van der Waals surface area contributed by atoms with Crippen molar-refractivity contribution >= 4 is 21.6 Å². The number of esters is 1. The Labute approximate surface area is 184 Å². The molecule has 2 atom stereocenters. The SMILES string of the molecule is COC(=O)c1cnc2c(c1)CC(C)(C(CC1CCCC1)c1ccc(S(C)(=O)=O)cc1)N2. The fourth-order valence-electron chi connectivity index (χ4n) is 5.20. The van der Waals surface area contributed by atoms with Gasteiger partial charge in [-0.15, -0.1) is 0 Å². The van der Waals surface area contributed by atoms with Crippen molar-refractivity contribution in [2.75, 3.05) is 18.7 Å². The fourth-order valence-corrected chi connectivity index (χ4v) is 5.83. The van der Waals surface area contributed by atoms with Crippen molar-refractivity contribution in [1.29, 1.82) is 0 Å². The van der Waals surface area contributed by atoms with Crippen LogP contribution in [0, 0.1) is 5.92 Å². The van der Waals surface area contributed by atoms with Gasteiger partial charge in [0, 0.05) is 23.9 Å². The third-order valence-electron chi connectivity index (χ3n) is 6.87. The van der Waals surface area contributed by atoms with Crippen LogP contribution in [0.5, 0.6) is 0 Å². The summed E-state index contributed by atoms with van der Waals surface area (Å²) in [5, 5.41) is 3.63. The van der Waals surface area contributed by atoms with Crippen molar-refractivity contribution < 1.29 is 17.9 Å². The largest absolute Gasteiger partial charge is 0.465 e. The molecule has 1 N–H and O–H groups in total. The Morgan fingerprint density at radius 1 is 1.26 bits per heavy atom. The Bertz CT molecular complexity index is 1080. The van der Waals surface area contributed by atoms with Gasteiger partial charge in [0.15, 0.2) is 9.84 Å². The van der Waals surface area contributed by atoms with Crippen LogP contribution in [0.15, 0.2) is 41.4 Å². The zero-order valence-corrected chi connectivity index (χ0v) is 19.2. The highest BCUT2D eigenvalue weighted by Crippen LogP contribution is 2.46. The summed E-state index contributed by atoms with van der Waals surface area (Å²) in [4.78, 5) is 16.8. The summed E-state index contributed by atoms with van der Waals surface area (Å²) in [6.45, 7) is 2.20. The molecule has 1 saturated carbocycles. The number of methoxy groups -OCH3 is 1. The maximum Gasteiger partial charge on any atom is 0.339 e. The number of rotatable bonds is 6. The Hall–Kier alpha value is -2.41. The molecule has 6 nitrogen and oxygen atoms in total. The number of aromatic nitrogens is 1. The second-order valence-corrected chi connectivity index (χ2v) is 11.2. The molecule has 0 saturated heterocycles. The molecule has 0 amide bonds. The standard InChI is InChI=1S/C24H30N2O4S/c1-24(14-18-13-19(23(27)30-2)15-25-22(18)26-24)21(12-16-6-4-5-7-16)17-8-10-20(11-9-17)31(3,28)29/h8-11,13,15-16,21H,4-7,12,14H2,1-3H3,(H,25,26). The van der Waals surface area contributed by atoms with E-state index in [1.165, 1.54) is 39.0 Å². The third kappa shape index (κ3) is 4.47. The highest BCUT2D eigenvalue weighted by molar-refractivity contribution is 7.90. The van der Waals surface area contributed by atoms with Crippen LogP contribution in [-0.2, 0) is 21.0 Å². The summed E-state index contributed by atoms with van der Waals surface area (Å²) in [6, 6.07) is 9.21. The number of nitrogens with zero attached hydrogens (tertiary/aromatic N) is 1. The van der Waals surface area contributed by atoms with E-state index in [9.17, 15) is 13.2 Å². The lowest BCUT2D eigenvalue weighted by molar-refractivity contribution is 0.0600. The maximum atomic E-state index is 11.9. The summed E-state index contributed by atoms with van der Waals surface area (Å²) in [5.41, 5.74) is 2.32. The number of nitrogens with one attached hydrogen (secondary N) is 1. The van der Waals surface area contributed by atoms with E-state index >= 15 is 0 Å². The Morgan fingerprint density at radius 2 is 1.94 bits per heavy atom. The van der Waals surface area contributed by atoms with E-state index in [-0.39, 0.29) is 17.4 Å². The topological polar surface area (TPSA) is 85.4 Å². The number of benzene rings is 1. The average Bonchev–Trinajstić information content (AvgIpc) is 3.37. The first-order chi connectivity index (χ1) is 14.7. The maximum absolute atomic E-state index is 11.9. The van der Waals surface area contributed by atoms with Gasteiger partial charge in [0.1, 0.15) is 5.82 Å². The minimum absolute atomic E-state index is 0.194. The zero-order chi connectivity index (χ0) is 22.2. The van der Waals surface area contributed by atoms with Gasteiger partial charge in [-0.2, -0.15) is 0 Å². The molecule has 2 heterocycles. The number of anilines is 1. The van der Waals surface area contributed by atoms with Crippen LogP contribution in [0.4, 0.5) is 5.82 Å². The summed E-state index contributed by atoms with van der Waals surface area (Å²) >= 11 is 0. The molecule has 2 unspecified atom stereocenters. The van der Waals surface area contributed by atoms with E-state index in [1.54, 1.807) is 18.3 Å². The van der Waals surface area contributed by atoms with E-state index in [2.05, 4.69) is 17.2 Å². The van der Waals surface area contributed by atoms with Crippen molar-refractivity contribution in [3.63, 3.8) is 0 Å². The molecule has 1 aromatic heterocycles. The Balaban J connectivity index is 1.66. The van der Waals surface area contributed by atoms with Gasteiger partial charge in [0.25, 0.3) is 0 Å². The normalized spacial score (nSPS) is 22.0. The minimum atomic E-state index is -3.23. The lowest BCUT2D eigenvalue weighted by Crippen LogP contribution is -2.40. The lowest BCUT2D eigenvalue weighted by atomic mass is 9.73. The smallest absolute Gasteiger partial charge is 0.339 e. The molecule has 0 spiro atoms. The highest BCUT2D eigenvalue weighted by Gasteiger charge is 2.42. The number of carbonyl (C=O) groups is 1. The van der Waals surface area contributed by atoms with Crippen LogP contribution in [0.1, 0.15) is 66.4 Å².